The Balaban J connectivity index is 1.97. The van der Waals surface area contributed by atoms with Gasteiger partial charge in [0.2, 0.25) is 5.91 Å². The largest absolute Gasteiger partial charge is 0.393 e. The number of anilines is 2. The monoisotopic (exact) mass is 285 g/mol. The van der Waals surface area contributed by atoms with Crippen LogP contribution in [0.5, 0.6) is 0 Å². The minimum absolute atomic E-state index is 0.0716. The molecule has 21 heavy (non-hydrogen) atoms. The third-order valence-corrected chi connectivity index (χ3v) is 2.99. The van der Waals surface area contributed by atoms with E-state index in [2.05, 4.69) is 5.32 Å². The van der Waals surface area contributed by atoms with Crippen LogP contribution in [-0.2, 0) is 11.2 Å². The summed E-state index contributed by atoms with van der Waals surface area (Å²) in [6.07, 6.45) is 0.923. The second kappa shape index (κ2) is 6.51. The van der Waals surface area contributed by atoms with Crippen molar-refractivity contribution in [3.05, 3.63) is 64.2 Å². The third-order valence-electron chi connectivity index (χ3n) is 2.99. The summed E-state index contributed by atoms with van der Waals surface area (Å²) in [4.78, 5) is 22.0. The minimum atomic E-state index is -0.574. The van der Waals surface area contributed by atoms with E-state index in [4.69, 9.17) is 5.73 Å². The highest BCUT2D eigenvalue weighted by Crippen LogP contribution is 2.25. The summed E-state index contributed by atoms with van der Waals surface area (Å²) in [5, 5.41) is 13.4. The van der Waals surface area contributed by atoms with Gasteiger partial charge >= 0.3 is 0 Å². The van der Waals surface area contributed by atoms with Crippen molar-refractivity contribution in [2.24, 2.45) is 0 Å². The molecule has 2 aromatic carbocycles. The predicted octanol–water partition coefficient (Wildman–Crippen LogP) is 2.75. The van der Waals surface area contributed by atoms with Crippen LogP contribution in [0, 0.1) is 10.1 Å². The number of carbonyl (C=O) groups excluding carboxylic acids is 1. The average Bonchev–Trinajstić information content (AvgIpc) is 2.48. The second-order valence-electron chi connectivity index (χ2n) is 4.56. The molecular weight excluding hydrogens is 270 g/mol. The van der Waals surface area contributed by atoms with E-state index in [1.165, 1.54) is 12.1 Å². The Morgan fingerprint density at radius 1 is 1.19 bits per heavy atom. The molecule has 0 aliphatic heterocycles. The van der Waals surface area contributed by atoms with Crippen molar-refractivity contribution < 1.29 is 9.72 Å². The number of nitro benzene ring substituents is 1. The smallest absolute Gasteiger partial charge is 0.294 e. The summed E-state index contributed by atoms with van der Waals surface area (Å²) in [6, 6.07) is 13.8. The quantitative estimate of drug-likeness (QED) is 0.501. The van der Waals surface area contributed by atoms with Crippen LogP contribution in [-0.4, -0.2) is 10.8 Å². The molecule has 0 aromatic heterocycles. The summed E-state index contributed by atoms with van der Waals surface area (Å²) < 4.78 is 0. The van der Waals surface area contributed by atoms with Crippen LogP contribution in [0.1, 0.15) is 12.0 Å². The molecule has 0 fully saturated rings. The molecule has 108 valence electrons. The lowest BCUT2D eigenvalue weighted by atomic mass is 10.1. The lowest BCUT2D eigenvalue weighted by Gasteiger charge is -2.06. The highest BCUT2D eigenvalue weighted by Gasteiger charge is 2.13. The van der Waals surface area contributed by atoms with E-state index in [0.29, 0.717) is 18.5 Å². The van der Waals surface area contributed by atoms with Gasteiger partial charge in [0.15, 0.2) is 0 Å². The van der Waals surface area contributed by atoms with Gasteiger partial charge in [0.25, 0.3) is 5.69 Å². The van der Waals surface area contributed by atoms with E-state index in [1.807, 2.05) is 30.3 Å². The molecule has 0 heterocycles. The topological polar surface area (TPSA) is 98.3 Å². The molecule has 0 saturated carbocycles. The molecule has 0 spiro atoms. The molecule has 0 radical (unpaired) electrons. The summed E-state index contributed by atoms with van der Waals surface area (Å²) in [7, 11) is 0. The van der Waals surface area contributed by atoms with Gasteiger partial charge in [0.05, 0.1) is 4.92 Å². The van der Waals surface area contributed by atoms with Gasteiger partial charge in [0, 0.05) is 18.2 Å². The van der Waals surface area contributed by atoms with Crippen molar-refractivity contribution in [1.82, 2.24) is 0 Å². The third kappa shape index (κ3) is 4.04. The number of amides is 1. The Morgan fingerprint density at radius 3 is 2.57 bits per heavy atom. The number of nitrogens with one attached hydrogen (secondary N) is 1. The summed E-state index contributed by atoms with van der Waals surface area (Å²) in [5.74, 6) is -0.196. The van der Waals surface area contributed by atoms with Crippen molar-refractivity contribution in [2.75, 3.05) is 11.1 Å². The first-order chi connectivity index (χ1) is 10.1. The van der Waals surface area contributed by atoms with Crippen LogP contribution in [0.15, 0.2) is 48.5 Å². The molecule has 6 nitrogen and oxygen atoms in total. The number of hydrogen-bond donors (Lipinski definition) is 2. The normalized spacial score (nSPS) is 10.1. The van der Waals surface area contributed by atoms with E-state index in [0.717, 1.165) is 5.56 Å². The van der Waals surface area contributed by atoms with Gasteiger partial charge in [-0.25, -0.2) is 0 Å². The molecule has 0 saturated heterocycles. The zero-order valence-electron chi connectivity index (χ0n) is 11.3. The van der Waals surface area contributed by atoms with Gasteiger partial charge in [0.1, 0.15) is 5.69 Å². The van der Waals surface area contributed by atoms with Crippen LogP contribution in [0.2, 0.25) is 0 Å². The van der Waals surface area contributed by atoms with Crippen LogP contribution < -0.4 is 11.1 Å². The molecule has 0 bridgehead atoms. The van der Waals surface area contributed by atoms with E-state index < -0.39 is 4.92 Å². The zero-order chi connectivity index (χ0) is 15.2. The Labute approximate surface area is 121 Å². The number of benzene rings is 2. The van der Waals surface area contributed by atoms with Gasteiger partial charge in [-0.2, -0.15) is 0 Å². The maximum atomic E-state index is 11.8. The van der Waals surface area contributed by atoms with Gasteiger partial charge in [-0.3, -0.25) is 14.9 Å². The summed E-state index contributed by atoms with van der Waals surface area (Å²) in [6.45, 7) is 0. The number of hydrogen-bond acceptors (Lipinski definition) is 4. The first-order valence-electron chi connectivity index (χ1n) is 6.44. The fourth-order valence-electron chi connectivity index (χ4n) is 1.91. The SMILES string of the molecule is Nc1ccc(NC(=O)CCc2ccccc2)cc1[N+](=O)[O-]. The second-order valence-corrected chi connectivity index (χ2v) is 4.56. The highest BCUT2D eigenvalue weighted by atomic mass is 16.6. The highest BCUT2D eigenvalue weighted by molar-refractivity contribution is 5.91. The number of nitrogen functional groups attached to an aromatic ring is 1. The van der Waals surface area contributed by atoms with Crippen LogP contribution in [0.25, 0.3) is 0 Å². The summed E-state index contributed by atoms with van der Waals surface area (Å²) in [5.41, 5.74) is 6.80. The Bertz CT molecular complexity index is 656. The van der Waals surface area contributed by atoms with Crippen LogP contribution in [0.3, 0.4) is 0 Å². The molecule has 3 N–H and O–H groups in total. The molecular formula is C15H15N3O3. The molecule has 1 amide bonds. The maximum Gasteiger partial charge on any atom is 0.294 e. The van der Waals surface area contributed by atoms with Crippen molar-refractivity contribution in [3.63, 3.8) is 0 Å². The Hall–Kier alpha value is -2.89. The minimum Gasteiger partial charge on any atom is -0.393 e. The molecule has 0 aliphatic carbocycles. The van der Waals surface area contributed by atoms with Crippen molar-refractivity contribution in [2.45, 2.75) is 12.8 Å². The van der Waals surface area contributed by atoms with E-state index >= 15 is 0 Å². The fourth-order valence-corrected chi connectivity index (χ4v) is 1.91. The van der Waals surface area contributed by atoms with Gasteiger partial charge in [-0.05, 0) is 24.1 Å². The molecule has 6 heteroatoms. The van der Waals surface area contributed by atoms with E-state index in [1.54, 1.807) is 6.07 Å². The molecule has 2 aromatic rings. The number of rotatable bonds is 5. The Morgan fingerprint density at radius 2 is 1.90 bits per heavy atom. The van der Waals surface area contributed by atoms with Crippen LogP contribution in [0.4, 0.5) is 17.1 Å². The number of nitrogens with two attached hydrogens (primary N) is 1. The van der Waals surface area contributed by atoms with E-state index in [9.17, 15) is 14.9 Å². The van der Waals surface area contributed by atoms with Gasteiger partial charge in [-0.1, -0.05) is 30.3 Å². The number of aryl methyl sites for hydroxylation is 1. The summed E-state index contributed by atoms with van der Waals surface area (Å²) >= 11 is 0. The number of carbonyl (C=O) groups is 1. The molecule has 0 unspecified atom stereocenters. The standard InChI is InChI=1S/C15H15N3O3/c16-13-8-7-12(10-14(13)18(20)21)17-15(19)9-6-11-4-2-1-3-5-11/h1-5,7-8,10H,6,9,16H2,(H,17,19). The lowest BCUT2D eigenvalue weighted by molar-refractivity contribution is -0.383. The van der Waals surface area contributed by atoms with E-state index in [-0.39, 0.29) is 17.3 Å². The molecule has 2 rings (SSSR count). The first kappa shape index (κ1) is 14.5. The zero-order valence-corrected chi connectivity index (χ0v) is 11.3. The Kier molecular flexibility index (Phi) is 4.50. The van der Waals surface area contributed by atoms with Crippen molar-refractivity contribution in [3.8, 4) is 0 Å². The average molecular weight is 285 g/mol. The maximum absolute atomic E-state index is 11.8. The lowest BCUT2D eigenvalue weighted by Crippen LogP contribution is -2.12. The number of nitro groups is 1. The van der Waals surface area contributed by atoms with Crippen molar-refractivity contribution in [1.29, 1.82) is 0 Å². The fraction of sp³-hybridized carbons (Fsp3) is 0.133. The first-order valence-corrected chi connectivity index (χ1v) is 6.44. The number of nitrogens with zero attached hydrogens (tertiary/aromatic N) is 1. The molecule has 0 atom stereocenters. The molecule has 0 aliphatic rings. The predicted molar refractivity (Wildman–Crippen MR) is 80.9 cm³/mol. The van der Waals surface area contributed by atoms with Crippen molar-refractivity contribution >= 4 is 23.0 Å². The van der Waals surface area contributed by atoms with Crippen LogP contribution >= 0.6 is 0 Å². The van der Waals surface area contributed by atoms with Gasteiger partial charge in [-0.15, -0.1) is 0 Å². The van der Waals surface area contributed by atoms with Gasteiger partial charge < -0.3 is 11.1 Å².